The number of nitrogens with zero attached hydrogens (tertiary/aromatic N) is 2. The van der Waals surface area contributed by atoms with Crippen LogP contribution in [-0.2, 0) is 6.54 Å². The lowest BCUT2D eigenvalue weighted by Crippen LogP contribution is -2.31. The average molecular weight is 258 g/mol. The molecule has 5 heteroatoms. The predicted octanol–water partition coefficient (Wildman–Crippen LogP) is 2.04. The molecule has 0 saturated carbocycles. The van der Waals surface area contributed by atoms with Crippen molar-refractivity contribution in [2.45, 2.75) is 19.9 Å². The van der Waals surface area contributed by atoms with Crippen molar-refractivity contribution >= 4 is 11.6 Å². The summed E-state index contributed by atoms with van der Waals surface area (Å²) in [5.74, 6) is -0.00701. The van der Waals surface area contributed by atoms with Crippen LogP contribution in [-0.4, -0.2) is 27.5 Å². The van der Waals surface area contributed by atoms with Crippen LogP contribution in [0.3, 0.4) is 0 Å². The quantitative estimate of drug-likeness (QED) is 0.806. The van der Waals surface area contributed by atoms with Gasteiger partial charge in [0.1, 0.15) is 0 Å². The molecule has 0 aliphatic carbocycles. The van der Waals surface area contributed by atoms with Crippen LogP contribution >= 0.6 is 0 Å². The van der Waals surface area contributed by atoms with E-state index in [9.17, 15) is 4.79 Å². The second kappa shape index (κ2) is 6.04. The normalized spacial score (nSPS) is 10.4. The van der Waals surface area contributed by atoms with Crippen molar-refractivity contribution in [2.75, 3.05) is 12.3 Å². The maximum Gasteiger partial charge on any atom is 0.257 e. The number of nitrogens with one attached hydrogen (secondary N) is 1. The molecular weight excluding hydrogens is 240 g/mol. The molecule has 1 heterocycles. The number of carbonyl (C=O) groups excluding carboxylic acids is 1. The van der Waals surface area contributed by atoms with Crippen LogP contribution in [0.1, 0.15) is 29.3 Å². The summed E-state index contributed by atoms with van der Waals surface area (Å²) in [6.45, 7) is 3.35. The summed E-state index contributed by atoms with van der Waals surface area (Å²) < 4.78 is 0. The number of benzene rings is 1. The molecule has 100 valence electrons. The Morgan fingerprint density at radius 1 is 1.37 bits per heavy atom. The summed E-state index contributed by atoms with van der Waals surface area (Å²) in [6.07, 6.45) is 4.08. The molecule has 0 spiro atoms. The van der Waals surface area contributed by atoms with Crippen LogP contribution < -0.4 is 5.73 Å². The standard InChI is InChI=1S/C14H18N4O/c1-2-7-18(14(19)12-8-16-17-9-12)10-11-3-5-13(15)6-4-11/h3-6,8-9H,2,7,10,15H2,1H3,(H,16,17). The van der Waals surface area contributed by atoms with Gasteiger partial charge < -0.3 is 10.6 Å². The van der Waals surface area contributed by atoms with Crippen LogP contribution in [0, 0.1) is 0 Å². The zero-order chi connectivity index (χ0) is 13.7. The number of amides is 1. The van der Waals surface area contributed by atoms with Gasteiger partial charge >= 0.3 is 0 Å². The fourth-order valence-electron chi connectivity index (χ4n) is 1.92. The first-order valence-electron chi connectivity index (χ1n) is 6.33. The minimum Gasteiger partial charge on any atom is -0.399 e. The Labute approximate surface area is 112 Å². The molecule has 0 bridgehead atoms. The molecule has 2 aromatic rings. The monoisotopic (exact) mass is 258 g/mol. The molecular formula is C14H18N4O. The summed E-state index contributed by atoms with van der Waals surface area (Å²) in [5.41, 5.74) is 8.04. The van der Waals surface area contributed by atoms with E-state index in [0.717, 1.165) is 17.7 Å². The summed E-state index contributed by atoms with van der Waals surface area (Å²) >= 11 is 0. The Morgan fingerprint density at radius 3 is 2.68 bits per heavy atom. The highest BCUT2D eigenvalue weighted by molar-refractivity contribution is 5.93. The highest BCUT2D eigenvalue weighted by Gasteiger charge is 2.16. The predicted molar refractivity (Wildman–Crippen MR) is 74.5 cm³/mol. The van der Waals surface area contributed by atoms with Gasteiger partial charge in [-0.25, -0.2) is 0 Å². The van der Waals surface area contributed by atoms with E-state index in [-0.39, 0.29) is 5.91 Å². The van der Waals surface area contributed by atoms with E-state index in [2.05, 4.69) is 17.1 Å². The number of hydrogen-bond donors (Lipinski definition) is 2. The molecule has 3 N–H and O–H groups in total. The summed E-state index contributed by atoms with van der Waals surface area (Å²) in [4.78, 5) is 14.1. The number of rotatable bonds is 5. The Bertz CT molecular complexity index is 519. The molecule has 1 amide bonds. The van der Waals surface area contributed by atoms with Crippen molar-refractivity contribution in [1.82, 2.24) is 15.1 Å². The third kappa shape index (κ3) is 3.34. The van der Waals surface area contributed by atoms with Crippen LogP contribution in [0.5, 0.6) is 0 Å². The lowest BCUT2D eigenvalue weighted by atomic mass is 10.1. The molecule has 1 aromatic heterocycles. The Kier molecular flexibility index (Phi) is 4.18. The minimum atomic E-state index is -0.00701. The van der Waals surface area contributed by atoms with Gasteiger partial charge in [0.2, 0.25) is 0 Å². The summed E-state index contributed by atoms with van der Waals surface area (Å²) in [5, 5.41) is 6.48. The lowest BCUT2D eigenvalue weighted by molar-refractivity contribution is 0.0743. The highest BCUT2D eigenvalue weighted by Crippen LogP contribution is 2.11. The molecule has 0 unspecified atom stereocenters. The van der Waals surface area contributed by atoms with E-state index in [4.69, 9.17) is 5.73 Å². The molecule has 19 heavy (non-hydrogen) atoms. The summed E-state index contributed by atoms with van der Waals surface area (Å²) in [7, 11) is 0. The molecule has 0 saturated heterocycles. The van der Waals surface area contributed by atoms with E-state index < -0.39 is 0 Å². The molecule has 0 atom stereocenters. The number of nitrogen functional groups attached to an aromatic ring is 1. The topological polar surface area (TPSA) is 75.0 Å². The van der Waals surface area contributed by atoms with Crippen molar-refractivity contribution in [3.63, 3.8) is 0 Å². The van der Waals surface area contributed by atoms with E-state index >= 15 is 0 Å². The van der Waals surface area contributed by atoms with Gasteiger partial charge in [0.25, 0.3) is 5.91 Å². The van der Waals surface area contributed by atoms with E-state index in [1.54, 1.807) is 12.4 Å². The third-order valence-electron chi connectivity index (χ3n) is 2.88. The molecule has 2 rings (SSSR count). The Morgan fingerprint density at radius 2 is 2.11 bits per heavy atom. The summed E-state index contributed by atoms with van der Waals surface area (Å²) in [6, 6.07) is 7.59. The van der Waals surface area contributed by atoms with Gasteiger partial charge in [-0.1, -0.05) is 19.1 Å². The van der Waals surface area contributed by atoms with Crippen molar-refractivity contribution < 1.29 is 4.79 Å². The minimum absolute atomic E-state index is 0.00701. The zero-order valence-electron chi connectivity index (χ0n) is 11.0. The zero-order valence-corrected chi connectivity index (χ0v) is 11.0. The number of anilines is 1. The number of aromatic nitrogens is 2. The SMILES string of the molecule is CCCN(Cc1ccc(N)cc1)C(=O)c1cn[nH]c1. The maximum atomic E-state index is 12.3. The number of nitrogens with two attached hydrogens (primary N) is 1. The van der Waals surface area contributed by atoms with E-state index in [1.165, 1.54) is 0 Å². The first-order valence-corrected chi connectivity index (χ1v) is 6.33. The first kappa shape index (κ1) is 13.1. The van der Waals surface area contributed by atoms with Crippen molar-refractivity contribution in [1.29, 1.82) is 0 Å². The van der Waals surface area contributed by atoms with Gasteiger partial charge in [0.15, 0.2) is 0 Å². The third-order valence-corrected chi connectivity index (χ3v) is 2.88. The molecule has 0 radical (unpaired) electrons. The Hall–Kier alpha value is -2.30. The largest absolute Gasteiger partial charge is 0.399 e. The van der Waals surface area contributed by atoms with Crippen molar-refractivity contribution in [2.24, 2.45) is 0 Å². The van der Waals surface area contributed by atoms with E-state index in [0.29, 0.717) is 18.7 Å². The molecule has 0 aliphatic heterocycles. The van der Waals surface area contributed by atoms with Crippen molar-refractivity contribution in [3.8, 4) is 0 Å². The maximum absolute atomic E-state index is 12.3. The Balaban J connectivity index is 2.11. The van der Waals surface area contributed by atoms with Gasteiger partial charge in [0.05, 0.1) is 11.8 Å². The smallest absolute Gasteiger partial charge is 0.257 e. The van der Waals surface area contributed by atoms with Crippen LogP contribution in [0.25, 0.3) is 0 Å². The fraction of sp³-hybridized carbons (Fsp3) is 0.286. The number of hydrogen-bond acceptors (Lipinski definition) is 3. The van der Waals surface area contributed by atoms with Crippen molar-refractivity contribution in [3.05, 3.63) is 47.8 Å². The molecule has 0 aliphatic rings. The average Bonchev–Trinajstić information content (AvgIpc) is 2.94. The molecule has 0 fully saturated rings. The van der Waals surface area contributed by atoms with E-state index in [1.807, 2.05) is 29.2 Å². The van der Waals surface area contributed by atoms with Gasteiger partial charge in [-0.05, 0) is 24.1 Å². The molecule has 5 nitrogen and oxygen atoms in total. The highest BCUT2D eigenvalue weighted by atomic mass is 16.2. The second-order valence-electron chi connectivity index (χ2n) is 4.46. The second-order valence-corrected chi connectivity index (χ2v) is 4.46. The lowest BCUT2D eigenvalue weighted by Gasteiger charge is -2.21. The van der Waals surface area contributed by atoms with Crippen LogP contribution in [0.2, 0.25) is 0 Å². The van der Waals surface area contributed by atoms with Gasteiger partial charge in [-0.3, -0.25) is 9.89 Å². The number of aromatic amines is 1. The van der Waals surface area contributed by atoms with Gasteiger partial charge in [-0.15, -0.1) is 0 Å². The fourth-order valence-corrected chi connectivity index (χ4v) is 1.92. The van der Waals surface area contributed by atoms with Gasteiger partial charge in [0, 0.05) is 25.0 Å². The van der Waals surface area contributed by atoms with Crippen LogP contribution in [0.4, 0.5) is 5.69 Å². The van der Waals surface area contributed by atoms with Crippen LogP contribution in [0.15, 0.2) is 36.7 Å². The molecule has 1 aromatic carbocycles. The number of H-pyrrole nitrogens is 1. The number of carbonyl (C=O) groups is 1. The van der Waals surface area contributed by atoms with Gasteiger partial charge in [-0.2, -0.15) is 5.10 Å². The first-order chi connectivity index (χ1) is 9.20.